The number of hydrazine groups is 1. The molecule has 3 nitrogen and oxygen atoms in total. The van der Waals surface area contributed by atoms with E-state index in [0.717, 1.165) is 5.52 Å². The fraction of sp³-hybridized carbons (Fsp3) is 0.250. The summed E-state index contributed by atoms with van der Waals surface area (Å²) in [5.41, 5.74) is 7.26. The number of nitrogen functional groups attached to an aromatic ring is 1. The van der Waals surface area contributed by atoms with Gasteiger partial charge in [0.1, 0.15) is 5.82 Å². The SMILES string of the molecule is Cc1ccc(C)c2c(C)cc(NN)nc12. The molecule has 0 bridgehead atoms. The fourth-order valence-corrected chi connectivity index (χ4v) is 1.94. The molecule has 0 fully saturated rings. The first-order valence-electron chi connectivity index (χ1n) is 4.97. The third-order valence-electron chi connectivity index (χ3n) is 2.72. The van der Waals surface area contributed by atoms with Crippen LogP contribution < -0.4 is 11.3 Å². The fourth-order valence-electron chi connectivity index (χ4n) is 1.94. The van der Waals surface area contributed by atoms with E-state index in [1.807, 2.05) is 6.07 Å². The zero-order valence-electron chi connectivity index (χ0n) is 9.26. The Morgan fingerprint density at radius 2 is 1.73 bits per heavy atom. The van der Waals surface area contributed by atoms with Gasteiger partial charge in [0.15, 0.2) is 0 Å². The molecule has 1 aromatic carbocycles. The quantitative estimate of drug-likeness (QED) is 0.550. The lowest BCUT2D eigenvalue weighted by atomic mass is 10.0. The standard InChI is InChI=1S/C12H15N3/c1-7-4-5-8(2)12-11(7)9(3)6-10(14-12)15-13/h4-6H,13H2,1-3H3,(H,14,15). The zero-order chi connectivity index (χ0) is 11.0. The van der Waals surface area contributed by atoms with E-state index in [1.165, 1.54) is 22.1 Å². The van der Waals surface area contributed by atoms with Crippen LogP contribution in [0.15, 0.2) is 18.2 Å². The Morgan fingerprint density at radius 1 is 1.07 bits per heavy atom. The number of aryl methyl sites for hydroxylation is 3. The zero-order valence-corrected chi connectivity index (χ0v) is 9.26. The summed E-state index contributed by atoms with van der Waals surface area (Å²) in [6.07, 6.45) is 0. The van der Waals surface area contributed by atoms with Crippen LogP contribution in [0.5, 0.6) is 0 Å². The number of hydrogen-bond donors (Lipinski definition) is 2. The van der Waals surface area contributed by atoms with E-state index >= 15 is 0 Å². The molecule has 0 unspecified atom stereocenters. The maximum absolute atomic E-state index is 5.39. The molecular weight excluding hydrogens is 186 g/mol. The number of benzene rings is 1. The highest BCUT2D eigenvalue weighted by molar-refractivity contribution is 5.89. The Hall–Kier alpha value is -1.61. The van der Waals surface area contributed by atoms with Crippen molar-refractivity contribution in [3.05, 3.63) is 34.9 Å². The number of nitrogens with one attached hydrogen (secondary N) is 1. The highest BCUT2D eigenvalue weighted by atomic mass is 15.2. The molecular formula is C12H15N3. The third kappa shape index (κ3) is 1.55. The first kappa shape index (κ1) is 9.93. The summed E-state index contributed by atoms with van der Waals surface area (Å²) in [7, 11) is 0. The number of nitrogens with zero attached hydrogens (tertiary/aromatic N) is 1. The number of pyridine rings is 1. The van der Waals surface area contributed by atoms with Gasteiger partial charge in [0, 0.05) is 5.39 Å². The summed E-state index contributed by atoms with van der Waals surface area (Å²) in [5, 5.41) is 1.23. The van der Waals surface area contributed by atoms with Gasteiger partial charge in [0.2, 0.25) is 0 Å². The van der Waals surface area contributed by atoms with E-state index in [2.05, 4.69) is 43.3 Å². The van der Waals surface area contributed by atoms with Gasteiger partial charge in [0.05, 0.1) is 5.52 Å². The van der Waals surface area contributed by atoms with Crippen molar-refractivity contribution < 1.29 is 0 Å². The first-order valence-corrected chi connectivity index (χ1v) is 4.97. The van der Waals surface area contributed by atoms with Gasteiger partial charge in [-0.1, -0.05) is 12.1 Å². The molecule has 0 aliphatic heterocycles. The minimum Gasteiger partial charge on any atom is -0.308 e. The van der Waals surface area contributed by atoms with Crippen molar-refractivity contribution in [1.29, 1.82) is 0 Å². The molecule has 3 heteroatoms. The lowest BCUT2D eigenvalue weighted by molar-refractivity contribution is 1.23. The van der Waals surface area contributed by atoms with Crippen LogP contribution in [0.4, 0.5) is 5.82 Å². The van der Waals surface area contributed by atoms with Crippen molar-refractivity contribution in [3.8, 4) is 0 Å². The average Bonchev–Trinajstić information content (AvgIpc) is 2.23. The summed E-state index contributed by atoms with van der Waals surface area (Å²) in [4.78, 5) is 4.48. The Balaban J connectivity index is 2.90. The molecule has 78 valence electrons. The molecule has 1 aromatic heterocycles. The van der Waals surface area contributed by atoms with E-state index in [-0.39, 0.29) is 0 Å². The van der Waals surface area contributed by atoms with E-state index in [1.54, 1.807) is 0 Å². The average molecular weight is 201 g/mol. The lowest BCUT2D eigenvalue weighted by Gasteiger charge is -2.10. The largest absolute Gasteiger partial charge is 0.308 e. The van der Waals surface area contributed by atoms with Crippen LogP contribution in [0.25, 0.3) is 10.9 Å². The van der Waals surface area contributed by atoms with Crippen molar-refractivity contribution in [1.82, 2.24) is 4.98 Å². The second-order valence-corrected chi connectivity index (χ2v) is 3.89. The molecule has 2 aromatic rings. The van der Waals surface area contributed by atoms with Crippen LogP contribution in [0, 0.1) is 20.8 Å². The molecule has 0 saturated carbocycles. The number of rotatable bonds is 1. The van der Waals surface area contributed by atoms with Crippen LogP contribution in [-0.2, 0) is 0 Å². The Morgan fingerprint density at radius 3 is 2.40 bits per heavy atom. The number of hydrogen-bond acceptors (Lipinski definition) is 3. The molecule has 0 spiro atoms. The Labute approximate surface area is 89.3 Å². The molecule has 15 heavy (non-hydrogen) atoms. The highest BCUT2D eigenvalue weighted by Gasteiger charge is 2.06. The second-order valence-electron chi connectivity index (χ2n) is 3.89. The Kier molecular flexibility index (Phi) is 2.32. The highest BCUT2D eigenvalue weighted by Crippen LogP contribution is 2.25. The summed E-state index contributed by atoms with van der Waals surface area (Å²) in [6.45, 7) is 6.25. The molecule has 0 saturated heterocycles. The summed E-state index contributed by atoms with van der Waals surface area (Å²) in [6, 6.07) is 6.18. The van der Waals surface area contributed by atoms with Gasteiger partial charge in [-0.15, -0.1) is 0 Å². The molecule has 2 rings (SSSR count). The normalized spacial score (nSPS) is 10.7. The minimum absolute atomic E-state index is 0.716. The minimum atomic E-state index is 0.716. The van der Waals surface area contributed by atoms with Gasteiger partial charge in [-0.3, -0.25) is 0 Å². The van der Waals surface area contributed by atoms with Gasteiger partial charge >= 0.3 is 0 Å². The van der Waals surface area contributed by atoms with Gasteiger partial charge < -0.3 is 5.43 Å². The molecule has 3 N–H and O–H groups in total. The van der Waals surface area contributed by atoms with E-state index in [4.69, 9.17) is 5.84 Å². The monoisotopic (exact) mass is 201 g/mol. The van der Waals surface area contributed by atoms with Crippen molar-refractivity contribution >= 4 is 16.7 Å². The maximum Gasteiger partial charge on any atom is 0.140 e. The van der Waals surface area contributed by atoms with Crippen LogP contribution >= 0.6 is 0 Å². The van der Waals surface area contributed by atoms with Crippen molar-refractivity contribution in [2.75, 3.05) is 5.43 Å². The van der Waals surface area contributed by atoms with E-state index < -0.39 is 0 Å². The van der Waals surface area contributed by atoms with Crippen LogP contribution in [0.1, 0.15) is 16.7 Å². The first-order chi connectivity index (χ1) is 7.13. The smallest absolute Gasteiger partial charge is 0.140 e. The number of anilines is 1. The van der Waals surface area contributed by atoms with Crippen LogP contribution in [0.2, 0.25) is 0 Å². The summed E-state index contributed by atoms with van der Waals surface area (Å²) < 4.78 is 0. The molecule has 0 aliphatic rings. The molecule has 0 radical (unpaired) electrons. The van der Waals surface area contributed by atoms with Crippen molar-refractivity contribution in [2.24, 2.45) is 5.84 Å². The second kappa shape index (κ2) is 3.51. The molecule has 0 amide bonds. The topological polar surface area (TPSA) is 50.9 Å². The van der Waals surface area contributed by atoms with Crippen LogP contribution in [-0.4, -0.2) is 4.98 Å². The molecule has 1 heterocycles. The third-order valence-corrected chi connectivity index (χ3v) is 2.72. The predicted octanol–water partition coefficient (Wildman–Crippen LogP) is 2.45. The number of fused-ring (bicyclic) bond motifs is 1. The summed E-state index contributed by atoms with van der Waals surface area (Å²) >= 11 is 0. The van der Waals surface area contributed by atoms with Crippen molar-refractivity contribution in [3.63, 3.8) is 0 Å². The van der Waals surface area contributed by atoms with E-state index in [9.17, 15) is 0 Å². The molecule has 0 atom stereocenters. The van der Waals surface area contributed by atoms with Crippen LogP contribution in [0.3, 0.4) is 0 Å². The maximum atomic E-state index is 5.39. The summed E-state index contributed by atoms with van der Waals surface area (Å²) in [5.74, 6) is 6.10. The lowest BCUT2D eigenvalue weighted by Crippen LogP contribution is -2.09. The Bertz CT molecular complexity index is 518. The van der Waals surface area contributed by atoms with Gasteiger partial charge in [-0.05, 0) is 43.5 Å². The predicted molar refractivity (Wildman–Crippen MR) is 63.8 cm³/mol. The van der Waals surface area contributed by atoms with Gasteiger partial charge in [-0.25, -0.2) is 10.8 Å². The number of aromatic nitrogens is 1. The van der Waals surface area contributed by atoms with Gasteiger partial charge in [-0.2, -0.15) is 0 Å². The molecule has 0 aliphatic carbocycles. The van der Waals surface area contributed by atoms with Gasteiger partial charge in [0.25, 0.3) is 0 Å². The van der Waals surface area contributed by atoms with Crippen molar-refractivity contribution in [2.45, 2.75) is 20.8 Å². The van der Waals surface area contributed by atoms with E-state index in [0.29, 0.717) is 5.82 Å². The number of nitrogens with two attached hydrogens (primary N) is 1.